The summed E-state index contributed by atoms with van der Waals surface area (Å²) < 4.78 is 0. The van der Waals surface area contributed by atoms with E-state index in [1.807, 2.05) is 38.1 Å². The van der Waals surface area contributed by atoms with Crippen molar-refractivity contribution in [1.29, 1.82) is 0 Å². The van der Waals surface area contributed by atoms with Gasteiger partial charge in [0.05, 0.1) is 9.98 Å². The minimum absolute atomic E-state index is 0.761. The first-order valence-corrected chi connectivity index (χ1v) is 5.05. The van der Waals surface area contributed by atoms with E-state index in [0.29, 0.717) is 0 Å². The normalized spacial score (nSPS) is 9.29. The average Bonchev–Trinajstić information content (AvgIpc) is 2.06. The molecule has 0 aliphatic heterocycles. The molecule has 0 saturated carbocycles. The van der Waals surface area contributed by atoms with Crippen LogP contribution in [-0.4, -0.2) is 9.98 Å². The lowest BCUT2D eigenvalue weighted by Gasteiger charge is -2.06. The second kappa shape index (κ2) is 5.02. The van der Waals surface area contributed by atoms with E-state index in [4.69, 9.17) is 24.4 Å². The van der Waals surface area contributed by atoms with Crippen LogP contribution < -0.4 is 10.6 Å². The van der Waals surface area contributed by atoms with Crippen LogP contribution in [0.15, 0.2) is 24.3 Å². The number of nitrogens with one attached hydrogen (secondary N) is 2. The van der Waals surface area contributed by atoms with Crippen molar-refractivity contribution < 1.29 is 0 Å². The summed E-state index contributed by atoms with van der Waals surface area (Å²) in [5.41, 5.74) is 1.98. The molecule has 14 heavy (non-hydrogen) atoms. The molecule has 1 aromatic carbocycles. The second-order valence-electron chi connectivity index (χ2n) is 2.94. The smallest absolute Gasteiger partial charge is 0.0765 e. The number of benzene rings is 1. The average molecular weight is 224 g/mol. The maximum absolute atomic E-state index is 4.93. The summed E-state index contributed by atoms with van der Waals surface area (Å²) in [6, 6.07) is 7.82. The van der Waals surface area contributed by atoms with Gasteiger partial charge in [0.2, 0.25) is 0 Å². The molecule has 74 valence electrons. The van der Waals surface area contributed by atoms with Gasteiger partial charge in [0, 0.05) is 11.4 Å². The molecule has 2 N–H and O–H groups in total. The SMILES string of the molecule is CC(=S)Nc1ccc(NC(C)=S)cc1. The molecule has 0 aliphatic rings. The Morgan fingerprint density at radius 1 is 0.857 bits per heavy atom. The highest BCUT2D eigenvalue weighted by Gasteiger charge is 1.94. The number of anilines is 2. The van der Waals surface area contributed by atoms with Crippen molar-refractivity contribution in [2.75, 3.05) is 10.6 Å². The molecular weight excluding hydrogens is 212 g/mol. The molecule has 0 atom stereocenters. The van der Waals surface area contributed by atoms with Gasteiger partial charge in [0.1, 0.15) is 0 Å². The molecule has 4 heteroatoms. The van der Waals surface area contributed by atoms with Crippen molar-refractivity contribution >= 4 is 45.8 Å². The van der Waals surface area contributed by atoms with Crippen LogP contribution in [0.2, 0.25) is 0 Å². The lowest BCUT2D eigenvalue weighted by molar-refractivity contribution is 1.60. The standard InChI is InChI=1S/C10H12N2S2/c1-7(13)11-9-3-5-10(6-4-9)12-8(2)14/h3-6H,1-2H3,(H,11,13)(H,12,14). The second-order valence-corrected chi connectivity index (χ2v) is 4.16. The molecule has 0 radical (unpaired) electrons. The van der Waals surface area contributed by atoms with Crippen LogP contribution in [0.1, 0.15) is 13.8 Å². The van der Waals surface area contributed by atoms with E-state index in [2.05, 4.69) is 10.6 Å². The van der Waals surface area contributed by atoms with Crippen LogP contribution in [0.5, 0.6) is 0 Å². The molecule has 0 aliphatic carbocycles. The quantitative estimate of drug-likeness (QED) is 0.753. The van der Waals surface area contributed by atoms with Crippen molar-refractivity contribution in [3.05, 3.63) is 24.3 Å². The van der Waals surface area contributed by atoms with E-state index < -0.39 is 0 Å². The van der Waals surface area contributed by atoms with Gasteiger partial charge in [-0.2, -0.15) is 0 Å². The lowest BCUT2D eigenvalue weighted by Crippen LogP contribution is -2.05. The van der Waals surface area contributed by atoms with Crippen LogP contribution in [0, 0.1) is 0 Å². The predicted molar refractivity (Wildman–Crippen MR) is 70.2 cm³/mol. The molecule has 1 rings (SSSR count). The molecular formula is C10H12N2S2. The minimum atomic E-state index is 0.761. The van der Waals surface area contributed by atoms with E-state index >= 15 is 0 Å². The first-order valence-electron chi connectivity index (χ1n) is 4.23. The highest BCUT2D eigenvalue weighted by atomic mass is 32.1. The lowest BCUT2D eigenvalue weighted by atomic mass is 10.3. The van der Waals surface area contributed by atoms with Crippen molar-refractivity contribution in [2.45, 2.75) is 13.8 Å². The van der Waals surface area contributed by atoms with Gasteiger partial charge in [-0.25, -0.2) is 0 Å². The highest BCUT2D eigenvalue weighted by molar-refractivity contribution is 7.80. The van der Waals surface area contributed by atoms with Crippen molar-refractivity contribution in [2.24, 2.45) is 0 Å². The largest absolute Gasteiger partial charge is 0.350 e. The van der Waals surface area contributed by atoms with E-state index in [9.17, 15) is 0 Å². The zero-order chi connectivity index (χ0) is 10.6. The number of hydrogen-bond acceptors (Lipinski definition) is 2. The summed E-state index contributed by atoms with van der Waals surface area (Å²) in [4.78, 5) is 1.52. The zero-order valence-electron chi connectivity index (χ0n) is 8.13. The van der Waals surface area contributed by atoms with Crippen LogP contribution in [-0.2, 0) is 0 Å². The monoisotopic (exact) mass is 224 g/mol. The van der Waals surface area contributed by atoms with Crippen molar-refractivity contribution in [3.8, 4) is 0 Å². The van der Waals surface area contributed by atoms with E-state index in [1.165, 1.54) is 0 Å². The summed E-state index contributed by atoms with van der Waals surface area (Å²) in [7, 11) is 0. The Morgan fingerprint density at radius 3 is 1.36 bits per heavy atom. The third-order valence-corrected chi connectivity index (χ3v) is 1.73. The molecule has 0 amide bonds. The molecule has 0 saturated heterocycles. The Bertz CT molecular complexity index is 309. The van der Waals surface area contributed by atoms with Crippen LogP contribution in [0.25, 0.3) is 0 Å². The third kappa shape index (κ3) is 3.81. The van der Waals surface area contributed by atoms with Gasteiger partial charge >= 0.3 is 0 Å². The zero-order valence-corrected chi connectivity index (χ0v) is 9.76. The van der Waals surface area contributed by atoms with Gasteiger partial charge in [0.25, 0.3) is 0 Å². The van der Waals surface area contributed by atoms with Gasteiger partial charge in [-0.1, -0.05) is 24.4 Å². The van der Waals surface area contributed by atoms with Crippen LogP contribution in [0.3, 0.4) is 0 Å². The summed E-state index contributed by atoms with van der Waals surface area (Å²) in [6.07, 6.45) is 0. The van der Waals surface area contributed by atoms with Gasteiger partial charge < -0.3 is 10.6 Å². The Labute approximate surface area is 94.7 Å². The van der Waals surface area contributed by atoms with E-state index in [1.54, 1.807) is 0 Å². The molecule has 0 fully saturated rings. The molecule has 0 bridgehead atoms. The van der Waals surface area contributed by atoms with Crippen molar-refractivity contribution in [1.82, 2.24) is 0 Å². The number of thiocarbonyl (C=S) groups is 2. The molecule has 0 unspecified atom stereocenters. The number of rotatable bonds is 2. The van der Waals surface area contributed by atoms with Crippen molar-refractivity contribution in [3.63, 3.8) is 0 Å². The van der Waals surface area contributed by atoms with E-state index in [-0.39, 0.29) is 0 Å². The topological polar surface area (TPSA) is 24.1 Å². The predicted octanol–water partition coefficient (Wildman–Crippen LogP) is 3.21. The maximum Gasteiger partial charge on any atom is 0.0765 e. The molecule has 0 spiro atoms. The van der Waals surface area contributed by atoms with Gasteiger partial charge in [-0.05, 0) is 38.1 Å². The third-order valence-electron chi connectivity index (χ3n) is 1.53. The Morgan fingerprint density at radius 2 is 1.14 bits per heavy atom. The first kappa shape index (κ1) is 11.1. The maximum atomic E-state index is 4.93. The summed E-state index contributed by atoms with van der Waals surface area (Å²) in [5, 5.41) is 6.11. The van der Waals surface area contributed by atoms with Gasteiger partial charge in [-0.15, -0.1) is 0 Å². The fourth-order valence-electron chi connectivity index (χ4n) is 1.04. The van der Waals surface area contributed by atoms with Gasteiger partial charge in [-0.3, -0.25) is 0 Å². The molecule has 1 aromatic rings. The van der Waals surface area contributed by atoms with Crippen LogP contribution >= 0.6 is 24.4 Å². The molecule has 2 nitrogen and oxygen atoms in total. The summed E-state index contributed by atoms with van der Waals surface area (Å²) in [5.74, 6) is 0. The Balaban J connectivity index is 2.68. The Hall–Kier alpha value is -1.00. The molecule has 0 aromatic heterocycles. The highest BCUT2D eigenvalue weighted by Crippen LogP contribution is 2.13. The number of hydrogen-bond donors (Lipinski definition) is 2. The van der Waals surface area contributed by atoms with Gasteiger partial charge in [0.15, 0.2) is 0 Å². The first-order chi connectivity index (χ1) is 6.58. The molecule has 0 heterocycles. The minimum Gasteiger partial charge on any atom is -0.350 e. The fraction of sp³-hybridized carbons (Fsp3) is 0.200. The Kier molecular flexibility index (Phi) is 3.98. The fourth-order valence-corrected chi connectivity index (χ4v) is 1.28. The van der Waals surface area contributed by atoms with Crippen LogP contribution in [0.4, 0.5) is 11.4 Å². The summed E-state index contributed by atoms with van der Waals surface area (Å²) >= 11 is 9.87. The summed E-state index contributed by atoms with van der Waals surface area (Å²) in [6.45, 7) is 3.70. The van der Waals surface area contributed by atoms with E-state index in [0.717, 1.165) is 21.4 Å².